The number of hydrogen-bond donors (Lipinski definition) is 4. The summed E-state index contributed by atoms with van der Waals surface area (Å²) in [6, 6.07) is 19.1. The molecule has 10 nitrogen and oxygen atoms in total. The van der Waals surface area contributed by atoms with Gasteiger partial charge in [-0.25, -0.2) is 0 Å². The lowest BCUT2D eigenvalue weighted by atomic mass is 9.99. The summed E-state index contributed by atoms with van der Waals surface area (Å²) in [4.78, 5) is 43.0. The van der Waals surface area contributed by atoms with Gasteiger partial charge in [0.1, 0.15) is 5.75 Å². The van der Waals surface area contributed by atoms with Crippen LogP contribution in [0.15, 0.2) is 66.7 Å². The van der Waals surface area contributed by atoms with E-state index in [9.17, 15) is 19.5 Å². The molecule has 0 aliphatic carbocycles. The van der Waals surface area contributed by atoms with Gasteiger partial charge in [-0.15, -0.1) is 0 Å². The fourth-order valence-corrected chi connectivity index (χ4v) is 5.07. The molecule has 0 spiro atoms. The van der Waals surface area contributed by atoms with Crippen LogP contribution >= 0.6 is 0 Å². The highest BCUT2D eigenvalue weighted by molar-refractivity contribution is 6.04. The summed E-state index contributed by atoms with van der Waals surface area (Å²) < 4.78 is 5.30. The zero-order valence-corrected chi connectivity index (χ0v) is 27.0. The number of carbonyl (C=O) groups is 3. The maximum atomic E-state index is 13.7. The Hall–Kier alpha value is -4.41. The Bertz CT molecular complexity index is 1420. The molecule has 0 heterocycles. The normalized spacial score (nSPS) is 12.2. The maximum Gasteiger partial charge on any atom is 0.253 e. The van der Waals surface area contributed by atoms with E-state index < -0.39 is 24.0 Å². The predicted octanol–water partition coefficient (Wildman–Crippen LogP) is 3.61. The minimum atomic E-state index is -0.960. The van der Waals surface area contributed by atoms with Crippen LogP contribution in [0.2, 0.25) is 0 Å². The zero-order valence-electron chi connectivity index (χ0n) is 27.0. The van der Waals surface area contributed by atoms with Crippen molar-refractivity contribution >= 4 is 23.4 Å². The molecule has 5 N–H and O–H groups in total. The minimum Gasteiger partial charge on any atom is -0.497 e. The molecular weight excluding hydrogens is 570 g/mol. The molecule has 45 heavy (non-hydrogen) atoms. The van der Waals surface area contributed by atoms with Gasteiger partial charge in [-0.05, 0) is 72.9 Å². The molecule has 3 amide bonds. The maximum absolute atomic E-state index is 13.7. The first-order valence-corrected chi connectivity index (χ1v) is 15.4. The first-order valence-electron chi connectivity index (χ1n) is 15.4. The summed E-state index contributed by atoms with van der Waals surface area (Å²) in [6.07, 6.45) is 0.937. The van der Waals surface area contributed by atoms with Crippen molar-refractivity contribution in [2.24, 2.45) is 5.73 Å². The van der Waals surface area contributed by atoms with Crippen LogP contribution < -0.4 is 26.0 Å². The molecule has 0 aromatic heterocycles. The Balaban J connectivity index is 1.86. The van der Waals surface area contributed by atoms with Crippen LogP contribution in [0.5, 0.6) is 5.75 Å². The Morgan fingerprint density at radius 2 is 1.53 bits per heavy atom. The second-order valence-electron chi connectivity index (χ2n) is 11.4. The van der Waals surface area contributed by atoms with E-state index in [1.807, 2.05) is 81.4 Å². The number of carbonyl (C=O) groups excluding carboxylic acids is 3. The van der Waals surface area contributed by atoms with E-state index in [1.54, 1.807) is 12.0 Å². The number of aliphatic hydroxyl groups is 1. The Labute approximate surface area is 266 Å². The number of primary amides is 1. The Kier molecular flexibility index (Phi) is 13.4. The molecule has 242 valence electrons. The van der Waals surface area contributed by atoms with Gasteiger partial charge in [0.25, 0.3) is 11.8 Å². The van der Waals surface area contributed by atoms with Crippen molar-refractivity contribution < 1.29 is 24.2 Å². The number of nitrogens with one attached hydrogen (secondary N) is 2. The van der Waals surface area contributed by atoms with Gasteiger partial charge in [-0.2, -0.15) is 0 Å². The molecule has 2 atom stereocenters. The van der Waals surface area contributed by atoms with Gasteiger partial charge in [0.15, 0.2) is 0 Å². The molecule has 3 aromatic carbocycles. The SMILES string of the molecule is CCCN(CCC)C(=O)c1cc(C(N)=O)cc(C(=O)N[C@@H](Cc2ccc(N(C)C)cc2)[C@H](O)CNCc2cccc(OC)c2)c1. The number of aliphatic hydroxyl groups excluding tert-OH is 1. The Morgan fingerprint density at radius 3 is 2.13 bits per heavy atom. The first kappa shape index (κ1) is 35.1. The number of methoxy groups -OCH3 is 1. The van der Waals surface area contributed by atoms with Crippen molar-refractivity contribution in [1.29, 1.82) is 0 Å². The summed E-state index contributed by atoms with van der Waals surface area (Å²) in [7, 11) is 5.52. The molecule has 0 saturated heterocycles. The molecule has 0 bridgehead atoms. The highest BCUT2D eigenvalue weighted by Gasteiger charge is 2.25. The van der Waals surface area contributed by atoms with E-state index in [1.165, 1.54) is 18.2 Å². The van der Waals surface area contributed by atoms with Crippen LogP contribution in [0.4, 0.5) is 5.69 Å². The summed E-state index contributed by atoms with van der Waals surface area (Å²) >= 11 is 0. The second-order valence-corrected chi connectivity index (χ2v) is 11.4. The van der Waals surface area contributed by atoms with Crippen LogP contribution in [0, 0.1) is 0 Å². The third kappa shape index (κ3) is 10.3. The van der Waals surface area contributed by atoms with Crippen molar-refractivity contribution in [1.82, 2.24) is 15.5 Å². The number of nitrogens with zero attached hydrogens (tertiary/aromatic N) is 2. The fraction of sp³-hybridized carbons (Fsp3) is 0.400. The second kappa shape index (κ2) is 17.2. The monoisotopic (exact) mass is 617 g/mol. The van der Waals surface area contributed by atoms with Gasteiger partial charge >= 0.3 is 0 Å². The quantitative estimate of drug-likeness (QED) is 0.182. The van der Waals surface area contributed by atoms with Gasteiger partial charge in [-0.1, -0.05) is 38.1 Å². The van der Waals surface area contributed by atoms with Gasteiger partial charge in [-0.3, -0.25) is 14.4 Å². The van der Waals surface area contributed by atoms with Crippen molar-refractivity contribution in [3.8, 4) is 5.75 Å². The van der Waals surface area contributed by atoms with Crippen LogP contribution in [0.3, 0.4) is 0 Å². The van der Waals surface area contributed by atoms with Crippen molar-refractivity contribution in [3.63, 3.8) is 0 Å². The minimum absolute atomic E-state index is 0.0651. The van der Waals surface area contributed by atoms with Crippen LogP contribution in [-0.2, 0) is 13.0 Å². The average Bonchev–Trinajstić information content (AvgIpc) is 3.04. The van der Waals surface area contributed by atoms with E-state index in [2.05, 4.69) is 10.6 Å². The van der Waals surface area contributed by atoms with Crippen LogP contribution in [-0.4, -0.2) is 80.7 Å². The molecule has 3 aromatic rings. The lowest BCUT2D eigenvalue weighted by Gasteiger charge is -2.26. The smallest absolute Gasteiger partial charge is 0.253 e. The van der Waals surface area contributed by atoms with E-state index >= 15 is 0 Å². The predicted molar refractivity (Wildman–Crippen MR) is 178 cm³/mol. The van der Waals surface area contributed by atoms with E-state index in [0.717, 1.165) is 35.4 Å². The number of nitrogens with two attached hydrogens (primary N) is 1. The molecule has 0 aliphatic heterocycles. The van der Waals surface area contributed by atoms with E-state index in [0.29, 0.717) is 26.1 Å². The number of amides is 3. The van der Waals surface area contributed by atoms with Crippen LogP contribution in [0.1, 0.15) is 68.9 Å². The first-order chi connectivity index (χ1) is 21.6. The highest BCUT2D eigenvalue weighted by atomic mass is 16.5. The molecule has 0 saturated carbocycles. The molecule has 0 unspecified atom stereocenters. The molecule has 0 aliphatic rings. The summed E-state index contributed by atoms with van der Waals surface area (Å²) in [5, 5.41) is 17.5. The van der Waals surface area contributed by atoms with Crippen LogP contribution in [0.25, 0.3) is 0 Å². The third-order valence-electron chi connectivity index (χ3n) is 7.51. The molecule has 3 rings (SSSR count). The Morgan fingerprint density at radius 1 is 0.889 bits per heavy atom. The number of anilines is 1. The van der Waals surface area contributed by atoms with Gasteiger partial charge in [0, 0.05) is 62.7 Å². The molecular formula is C35H47N5O5. The van der Waals surface area contributed by atoms with Crippen molar-refractivity contribution in [2.75, 3.05) is 45.7 Å². The van der Waals surface area contributed by atoms with E-state index in [4.69, 9.17) is 10.5 Å². The number of rotatable bonds is 17. The van der Waals surface area contributed by atoms with Crippen molar-refractivity contribution in [3.05, 3.63) is 94.5 Å². The molecule has 0 fully saturated rings. The van der Waals surface area contributed by atoms with Gasteiger partial charge < -0.3 is 36.0 Å². The van der Waals surface area contributed by atoms with Crippen molar-refractivity contribution in [2.45, 2.75) is 51.8 Å². The summed E-state index contributed by atoms with van der Waals surface area (Å²) in [5.41, 5.74) is 8.94. The zero-order chi connectivity index (χ0) is 32.9. The van der Waals surface area contributed by atoms with Gasteiger partial charge in [0.2, 0.25) is 5.91 Å². The fourth-order valence-electron chi connectivity index (χ4n) is 5.07. The number of benzene rings is 3. The topological polar surface area (TPSA) is 137 Å². The molecule has 0 radical (unpaired) electrons. The lowest BCUT2D eigenvalue weighted by Crippen LogP contribution is -2.48. The lowest BCUT2D eigenvalue weighted by molar-refractivity contribution is 0.0755. The third-order valence-corrected chi connectivity index (χ3v) is 7.51. The van der Waals surface area contributed by atoms with Gasteiger partial charge in [0.05, 0.1) is 19.3 Å². The summed E-state index contributed by atoms with van der Waals surface area (Å²) in [5.74, 6) is -0.790. The highest BCUT2D eigenvalue weighted by Crippen LogP contribution is 2.18. The molecule has 10 heteroatoms. The number of ether oxygens (including phenoxy) is 1. The number of hydrogen-bond acceptors (Lipinski definition) is 7. The standard InChI is InChI=1S/C35H47N5O5/c1-6-15-40(16-7-2)35(44)28-20-26(33(36)42)19-27(21-28)34(43)38-31(18-24-11-13-29(14-12-24)39(3)4)32(41)23-37-22-25-9-8-10-30(17-25)45-5/h8-14,17,19-21,31-32,37,41H,6-7,15-16,18,22-23H2,1-5H3,(H2,36,42)(H,38,43)/t31-,32+/m0/s1. The average molecular weight is 618 g/mol. The van der Waals surface area contributed by atoms with E-state index in [-0.39, 0.29) is 29.1 Å². The largest absolute Gasteiger partial charge is 0.497 e. The summed E-state index contributed by atoms with van der Waals surface area (Å²) in [6.45, 7) is 5.77.